The molecule has 0 bridgehead atoms. The van der Waals surface area contributed by atoms with Crippen LogP contribution in [0, 0.1) is 5.82 Å². The standard InChI is InChI=1S/C16H11BrF2N2O/c1-21-13-7-4-10(17)8-12(13)14(20-15(19)16(21)22)9-2-5-11(18)6-3-9/h2-8,15H,1H3. The van der Waals surface area contributed by atoms with Crippen LogP contribution in [-0.2, 0) is 4.79 Å². The van der Waals surface area contributed by atoms with Gasteiger partial charge in [-0.15, -0.1) is 0 Å². The van der Waals surface area contributed by atoms with Crippen molar-refractivity contribution in [3.8, 4) is 0 Å². The molecular formula is C16H11BrF2N2O. The predicted octanol–water partition coefficient (Wildman–Crippen LogP) is 3.70. The molecule has 0 fully saturated rings. The molecule has 0 saturated heterocycles. The maximum Gasteiger partial charge on any atom is 0.284 e. The highest BCUT2D eigenvalue weighted by Crippen LogP contribution is 2.30. The molecule has 1 aliphatic rings. The summed E-state index contributed by atoms with van der Waals surface area (Å²) >= 11 is 3.37. The van der Waals surface area contributed by atoms with Crippen molar-refractivity contribution in [3.63, 3.8) is 0 Å². The minimum absolute atomic E-state index is 0.321. The molecule has 0 aromatic heterocycles. The third-order valence-electron chi connectivity index (χ3n) is 3.47. The van der Waals surface area contributed by atoms with Crippen molar-refractivity contribution in [2.45, 2.75) is 6.30 Å². The third kappa shape index (κ3) is 2.54. The number of alkyl halides is 1. The SMILES string of the molecule is CN1C(=O)C(F)N=C(c2ccc(F)cc2)c2cc(Br)ccc21. The smallest absolute Gasteiger partial charge is 0.284 e. The van der Waals surface area contributed by atoms with E-state index in [2.05, 4.69) is 20.9 Å². The lowest BCUT2D eigenvalue weighted by atomic mass is 10.0. The largest absolute Gasteiger partial charge is 0.311 e. The van der Waals surface area contributed by atoms with Crippen molar-refractivity contribution >= 4 is 33.2 Å². The van der Waals surface area contributed by atoms with E-state index in [1.807, 2.05) is 0 Å². The number of carbonyl (C=O) groups excluding carboxylic acids is 1. The number of carbonyl (C=O) groups is 1. The summed E-state index contributed by atoms with van der Waals surface area (Å²) in [5.41, 5.74) is 2.03. The number of fused-ring (bicyclic) bond motifs is 1. The topological polar surface area (TPSA) is 32.7 Å². The van der Waals surface area contributed by atoms with Gasteiger partial charge in [-0.25, -0.2) is 13.8 Å². The number of rotatable bonds is 1. The molecule has 0 N–H and O–H groups in total. The highest BCUT2D eigenvalue weighted by molar-refractivity contribution is 9.10. The van der Waals surface area contributed by atoms with E-state index in [9.17, 15) is 13.6 Å². The molecule has 1 atom stereocenters. The van der Waals surface area contributed by atoms with Crippen molar-refractivity contribution < 1.29 is 13.6 Å². The third-order valence-corrected chi connectivity index (χ3v) is 3.96. The zero-order chi connectivity index (χ0) is 15.9. The van der Waals surface area contributed by atoms with Crippen LogP contribution in [-0.4, -0.2) is 25.0 Å². The Morgan fingerprint density at radius 2 is 1.86 bits per heavy atom. The van der Waals surface area contributed by atoms with Gasteiger partial charge in [0.05, 0.1) is 11.4 Å². The molecule has 1 unspecified atom stereocenters. The average Bonchev–Trinajstić information content (AvgIpc) is 2.59. The van der Waals surface area contributed by atoms with Gasteiger partial charge in [-0.1, -0.05) is 15.9 Å². The molecular weight excluding hydrogens is 354 g/mol. The second-order valence-corrected chi connectivity index (χ2v) is 5.79. The molecule has 0 spiro atoms. The number of amides is 1. The minimum atomic E-state index is -1.99. The monoisotopic (exact) mass is 364 g/mol. The van der Waals surface area contributed by atoms with E-state index < -0.39 is 18.0 Å². The Bertz CT molecular complexity index is 774. The van der Waals surface area contributed by atoms with Crippen molar-refractivity contribution in [1.82, 2.24) is 0 Å². The first-order valence-electron chi connectivity index (χ1n) is 6.52. The lowest BCUT2D eigenvalue weighted by molar-refractivity contribution is -0.122. The van der Waals surface area contributed by atoms with Crippen molar-refractivity contribution in [3.05, 3.63) is 63.9 Å². The van der Waals surface area contributed by atoms with Crippen LogP contribution >= 0.6 is 15.9 Å². The van der Waals surface area contributed by atoms with Crippen LogP contribution in [0.2, 0.25) is 0 Å². The van der Waals surface area contributed by atoms with Crippen LogP contribution < -0.4 is 4.90 Å². The van der Waals surface area contributed by atoms with Crippen molar-refractivity contribution in [1.29, 1.82) is 0 Å². The van der Waals surface area contributed by atoms with E-state index in [1.54, 1.807) is 18.2 Å². The number of nitrogens with zero attached hydrogens (tertiary/aromatic N) is 2. The highest BCUT2D eigenvalue weighted by atomic mass is 79.9. The molecule has 1 amide bonds. The highest BCUT2D eigenvalue weighted by Gasteiger charge is 2.29. The first kappa shape index (κ1) is 14.8. The zero-order valence-corrected chi connectivity index (χ0v) is 13.1. The van der Waals surface area contributed by atoms with Crippen LogP contribution in [0.4, 0.5) is 14.5 Å². The van der Waals surface area contributed by atoms with Crippen LogP contribution in [0.25, 0.3) is 0 Å². The van der Waals surface area contributed by atoms with Crippen molar-refractivity contribution in [2.24, 2.45) is 4.99 Å². The van der Waals surface area contributed by atoms with E-state index in [1.165, 1.54) is 36.2 Å². The summed E-state index contributed by atoms with van der Waals surface area (Å²) in [5, 5.41) is 0. The molecule has 1 aliphatic heterocycles. The number of anilines is 1. The van der Waals surface area contributed by atoms with Gasteiger partial charge in [0.15, 0.2) is 0 Å². The van der Waals surface area contributed by atoms with E-state index in [-0.39, 0.29) is 0 Å². The molecule has 22 heavy (non-hydrogen) atoms. The van der Waals surface area contributed by atoms with Crippen molar-refractivity contribution in [2.75, 3.05) is 11.9 Å². The number of likely N-dealkylation sites (N-methyl/N-ethyl adjacent to an activating group) is 1. The average molecular weight is 365 g/mol. The van der Waals surface area contributed by atoms with Crippen LogP contribution in [0.3, 0.4) is 0 Å². The number of benzene rings is 2. The van der Waals surface area contributed by atoms with Gasteiger partial charge in [0.2, 0.25) is 0 Å². The van der Waals surface area contributed by atoms with Crippen LogP contribution in [0.5, 0.6) is 0 Å². The number of benzodiazepines with no additional fused rings is 1. The molecule has 0 radical (unpaired) electrons. The molecule has 6 heteroatoms. The van der Waals surface area contributed by atoms with E-state index in [0.29, 0.717) is 22.5 Å². The maximum absolute atomic E-state index is 14.1. The Morgan fingerprint density at radius 3 is 2.55 bits per heavy atom. The summed E-state index contributed by atoms with van der Waals surface area (Å²) in [4.78, 5) is 17.1. The Balaban J connectivity index is 2.25. The first-order valence-corrected chi connectivity index (χ1v) is 7.32. The van der Waals surface area contributed by atoms with Gasteiger partial charge in [-0.3, -0.25) is 4.79 Å². The number of halogens is 3. The normalized spacial score (nSPS) is 17.8. The Hall–Kier alpha value is -2.08. The lowest BCUT2D eigenvalue weighted by Crippen LogP contribution is -2.32. The van der Waals surface area contributed by atoms with E-state index in [4.69, 9.17) is 0 Å². The van der Waals surface area contributed by atoms with Gasteiger partial charge < -0.3 is 4.90 Å². The summed E-state index contributed by atoms with van der Waals surface area (Å²) in [6, 6.07) is 10.8. The number of aliphatic imine (C=N–C) groups is 1. The fourth-order valence-electron chi connectivity index (χ4n) is 2.34. The molecule has 0 saturated carbocycles. The predicted molar refractivity (Wildman–Crippen MR) is 84.5 cm³/mol. The quantitative estimate of drug-likeness (QED) is 0.710. The van der Waals surface area contributed by atoms with Gasteiger partial charge in [0.1, 0.15) is 5.82 Å². The molecule has 3 nitrogen and oxygen atoms in total. The van der Waals surface area contributed by atoms with E-state index in [0.717, 1.165) is 4.47 Å². The van der Waals surface area contributed by atoms with Crippen LogP contribution in [0.1, 0.15) is 11.1 Å². The maximum atomic E-state index is 14.1. The Kier molecular flexibility index (Phi) is 3.78. The fourth-order valence-corrected chi connectivity index (χ4v) is 2.71. The molecule has 1 heterocycles. The summed E-state index contributed by atoms with van der Waals surface area (Å²) in [5.74, 6) is -1.13. The molecule has 2 aromatic carbocycles. The number of hydrogen-bond donors (Lipinski definition) is 0. The van der Waals surface area contributed by atoms with Gasteiger partial charge >= 0.3 is 0 Å². The molecule has 0 aliphatic carbocycles. The molecule has 112 valence electrons. The second kappa shape index (κ2) is 5.61. The van der Waals surface area contributed by atoms with Crippen LogP contribution in [0.15, 0.2) is 51.9 Å². The minimum Gasteiger partial charge on any atom is -0.311 e. The zero-order valence-electron chi connectivity index (χ0n) is 11.6. The first-order chi connectivity index (χ1) is 10.5. The van der Waals surface area contributed by atoms with Gasteiger partial charge in [0, 0.05) is 22.6 Å². The second-order valence-electron chi connectivity index (χ2n) is 4.88. The Morgan fingerprint density at radius 1 is 1.18 bits per heavy atom. The van der Waals surface area contributed by atoms with E-state index >= 15 is 0 Å². The summed E-state index contributed by atoms with van der Waals surface area (Å²) in [6.45, 7) is 0. The van der Waals surface area contributed by atoms with Gasteiger partial charge in [0.25, 0.3) is 12.2 Å². The Labute approximate surface area is 134 Å². The molecule has 3 rings (SSSR count). The van der Waals surface area contributed by atoms with Gasteiger partial charge in [-0.05, 0) is 42.5 Å². The summed E-state index contributed by atoms with van der Waals surface area (Å²) in [7, 11) is 1.50. The number of hydrogen-bond acceptors (Lipinski definition) is 2. The molecule has 2 aromatic rings. The van der Waals surface area contributed by atoms with Gasteiger partial charge in [-0.2, -0.15) is 0 Å². The summed E-state index contributed by atoms with van der Waals surface area (Å²) in [6.07, 6.45) is -1.99. The fraction of sp³-hybridized carbons (Fsp3) is 0.125. The summed E-state index contributed by atoms with van der Waals surface area (Å²) < 4.78 is 28.0. The lowest BCUT2D eigenvalue weighted by Gasteiger charge is -2.18.